The van der Waals surface area contributed by atoms with Gasteiger partial charge in [-0.3, -0.25) is 4.79 Å². The Morgan fingerprint density at radius 3 is 2.38 bits per heavy atom. The largest absolute Gasteiger partial charge is 0.315 e. The lowest BCUT2D eigenvalue weighted by molar-refractivity contribution is 0.783. The highest BCUT2D eigenvalue weighted by Gasteiger charge is 2.16. The Morgan fingerprint density at radius 1 is 1.00 bits per heavy atom. The highest BCUT2D eigenvalue weighted by molar-refractivity contribution is 7.21. The number of fused-ring (bicyclic) bond motifs is 1. The summed E-state index contributed by atoms with van der Waals surface area (Å²) in [5, 5.41) is 1.42. The van der Waals surface area contributed by atoms with Crippen molar-refractivity contribution in [1.29, 1.82) is 0 Å². The van der Waals surface area contributed by atoms with Crippen LogP contribution in [0.25, 0.3) is 10.1 Å². The van der Waals surface area contributed by atoms with Crippen LogP contribution >= 0.6 is 11.3 Å². The molecule has 3 rings (SSSR count). The molecule has 0 saturated heterocycles. The molecule has 0 unspecified atom stereocenters. The molecule has 1 heterocycles. The predicted molar refractivity (Wildman–Crippen MR) is 89.6 cm³/mol. The summed E-state index contributed by atoms with van der Waals surface area (Å²) in [6.07, 6.45) is 0. The van der Waals surface area contributed by atoms with Gasteiger partial charge in [-0.2, -0.15) is 4.98 Å². The number of anilines is 2. The zero-order valence-electron chi connectivity index (χ0n) is 12.0. The average molecular weight is 296 g/mol. The molecule has 0 aliphatic carbocycles. The Bertz CT molecular complexity index is 812. The first-order valence-corrected chi connectivity index (χ1v) is 7.72. The van der Waals surface area contributed by atoms with Gasteiger partial charge in [-0.25, -0.2) is 0 Å². The van der Waals surface area contributed by atoms with Crippen LogP contribution in [0, 0.1) is 0 Å². The van der Waals surface area contributed by atoms with Crippen molar-refractivity contribution in [3.8, 4) is 0 Å². The van der Waals surface area contributed by atoms with Gasteiger partial charge in [0, 0.05) is 16.4 Å². The van der Waals surface area contributed by atoms with Crippen molar-refractivity contribution in [1.82, 2.24) is 4.98 Å². The number of rotatable bonds is 3. The Balaban J connectivity index is 2.19. The van der Waals surface area contributed by atoms with Gasteiger partial charge in [0.1, 0.15) is 0 Å². The Morgan fingerprint density at radius 2 is 1.67 bits per heavy atom. The smallest absolute Gasteiger partial charge is 0.281 e. The van der Waals surface area contributed by atoms with Gasteiger partial charge in [0.15, 0.2) is 5.13 Å². The van der Waals surface area contributed by atoms with E-state index >= 15 is 0 Å². The first kappa shape index (κ1) is 13.8. The SMILES string of the molecule is CC(C)N(c1ccccc1)c1nc(=O)c2ccccc2s1. The van der Waals surface area contributed by atoms with Gasteiger partial charge in [-0.1, -0.05) is 41.7 Å². The summed E-state index contributed by atoms with van der Waals surface area (Å²) < 4.78 is 0.967. The number of nitrogens with zero attached hydrogens (tertiary/aromatic N) is 2. The van der Waals surface area contributed by atoms with Gasteiger partial charge in [0.25, 0.3) is 5.56 Å². The van der Waals surface area contributed by atoms with Crippen molar-refractivity contribution in [2.75, 3.05) is 4.90 Å². The predicted octanol–water partition coefficient (Wildman–Crippen LogP) is 4.20. The molecular weight excluding hydrogens is 280 g/mol. The molecule has 0 bridgehead atoms. The molecular formula is C17H16N2OS. The average Bonchev–Trinajstić information content (AvgIpc) is 2.48. The summed E-state index contributed by atoms with van der Waals surface area (Å²) in [5.41, 5.74) is 0.881. The lowest BCUT2D eigenvalue weighted by atomic mass is 10.2. The minimum atomic E-state index is -0.166. The molecule has 0 aliphatic rings. The zero-order valence-corrected chi connectivity index (χ0v) is 12.8. The lowest BCUT2D eigenvalue weighted by Crippen LogP contribution is -2.27. The summed E-state index contributed by atoms with van der Waals surface area (Å²) >= 11 is 1.55. The van der Waals surface area contributed by atoms with E-state index in [4.69, 9.17) is 0 Å². The van der Waals surface area contributed by atoms with Crippen molar-refractivity contribution in [3.63, 3.8) is 0 Å². The van der Waals surface area contributed by atoms with E-state index in [1.165, 1.54) is 0 Å². The first-order chi connectivity index (χ1) is 10.2. The topological polar surface area (TPSA) is 33.2 Å². The molecule has 0 spiro atoms. The molecule has 0 saturated carbocycles. The molecule has 4 heteroatoms. The van der Waals surface area contributed by atoms with Crippen LogP contribution in [0.2, 0.25) is 0 Å². The Kier molecular flexibility index (Phi) is 3.71. The van der Waals surface area contributed by atoms with Gasteiger partial charge in [-0.05, 0) is 38.1 Å². The molecule has 0 N–H and O–H groups in total. The highest BCUT2D eigenvalue weighted by atomic mass is 32.1. The second-order valence-electron chi connectivity index (χ2n) is 5.10. The van der Waals surface area contributed by atoms with Gasteiger partial charge >= 0.3 is 0 Å². The molecule has 0 radical (unpaired) electrons. The number of para-hydroxylation sites is 1. The monoisotopic (exact) mass is 296 g/mol. The fourth-order valence-electron chi connectivity index (χ4n) is 2.32. The van der Waals surface area contributed by atoms with Crippen LogP contribution in [0.15, 0.2) is 59.4 Å². The molecule has 0 fully saturated rings. The molecule has 0 amide bonds. The van der Waals surface area contributed by atoms with E-state index in [0.29, 0.717) is 5.39 Å². The maximum atomic E-state index is 12.2. The summed E-state index contributed by atoms with van der Waals surface area (Å²) in [4.78, 5) is 18.6. The van der Waals surface area contributed by atoms with Crippen LogP contribution in [-0.2, 0) is 0 Å². The van der Waals surface area contributed by atoms with Crippen molar-refractivity contribution >= 4 is 32.2 Å². The van der Waals surface area contributed by atoms with Crippen LogP contribution in [0.4, 0.5) is 10.8 Å². The third-order valence-corrected chi connectivity index (χ3v) is 4.32. The molecule has 3 nitrogen and oxygen atoms in total. The van der Waals surface area contributed by atoms with Crippen molar-refractivity contribution < 1.29 is 0 Å². The van der Waals surface area contributed by atoms with Gasteiger partial charge in [0.05, 0.1) is 5.39 Å². The fourth-order valence-corrected chi connectivity index (χ4v) is 3.47. The molecule has 1 aromatic heterocycles. The maximum absolute atomic E-state index is 12.2. The van der Waals surface area contributed by atoms with E-state index in [1.54, 1.807) is 11.3 Å². The Labute approximate surface area is 127 Å². The van der Waals surface area contributed by atoms with E-state index in [0.717, 1.165) is 15.5 Å². The van der Waals surface area contributed by atoms with Gasteiger partial charge < -0.3 is 4.90 Å². The zero-order chi connectivity index (χ0) is 14.8. The van der Waals surface area contributed by atoms with Gasteiger partial charge in [-0.15, -0.1) is 0 Å². The third kappa shape index (κ3) is 2.67. The van der Waals surface area contributed by atoms with Crippen LogP contribution in [0.3, 0.4) is 0 Å². The normalized spacial score (nSPS) is 11.0. The molecule has 3 aromatic rings. The fraction of sp³-hybridized carbons (Fsp3) is 0.176. The standard InChI is InChI=1S/C17H16N2OS/c1-12(2)19(13-8-4-3-5-9-13)17-18-16(20)14-10-6-7-11-15(14)21-17/h3-12H,1-2H3. The number of aromatic nitrogens is 1. The van der Waals surface area contributed by atoms with Gasteiger partial charge in [0.2, 0.25) is 0 Å². The summed E-state index contributed by atoms with van der Waals surface area (Å²) in [5.74, 6) is 0. The van der Waals surface area contributed by atoms with Crippen LogP contribution in [0.1, 0.15) is 13.8 Å². The van der Waals surface area contributed by atoms with Crippen LogP contribution < -0.4 is 10.5 Å². The third-order valence-electron chi connectivity index (χ3n) is 3.27. The van der Waals surface area contributed by atoms with Crippen molar-refractivity contribution in [2.45, 2.75) is 19.9 Å². The summed E-state index contributed by atoms with van der Waals surface area (Å²) in [6, 6.07) is 17.9. The van der Waals surface area contributed by atoms with Crippen LogP contribution in [-0.4, -0.2) is 11.0 Å². The van der Waals surface area contributed by atoms with E-state index < -0.39 is 0 Å². The molecule has 21 heavy (non-hydrogen) atoms. The van der Waals surface area contributed by atoms with Crippen molar-refractivity contribution in [2.24, 2.45) is 0 Å². The number of benzene rings is 2. The minimum Gasteiger partial charge on any atom is -0.315 e. The van der Waals surface area contributed by atoms with E-state index in [2.05, 4.69) is 23.7 Å². The van der Waals surface area contributed by atoms with Crippen molar-refractivity contribution in [3.05, 3.63) is 65.0 Å². The minimum absolute atomic E-state index is 0.166. The molecule has 2 aromatic carbocycles. The number of hydrogen-bond donors (Lipinski definition) is 0. The Hall–Kier alpha value is -2.20. The van der Waals surface area contributed by atoms with E-state index in [-0.39, 0.29) is 11.6 Å². The van der Waals surface area contributed by atoms with E-state index in [9.17, 15) is 4.79 Å². The second kappa shape index (κ2) is 5.66. The molecule has 0 atom stereocenters. The highest BCUT2D eigenvalue weighted by Crippen LogP contribution is 2.31. The number of hydrogen-bond acceptors (Lipinski definition) is 4. The van der Waals surface area contributed by atoms with Crippen LogP contribution in [0.5, 0.6) is 0 Å². The molecule has 106 valence electrons. The lowest BCUT2D eigenvalue weighted by Gasteiger charge is -2.27. The summed E-state index contributed by atoms with van der Waals surface area (Å²) in [6.45, 7) is 4.20. The van der Waals surface area contributed by atoms with E-state index in [1.807, 2.05) is 54.6 Å². The maximum Gasteiger partial charge on any atom is 0.281 e. The summed E-state index contributed by atoms with van der Waals surface area (Å²) in [7, 11) is 0. The quantitative estimate of drug-likeness (QED) is 0.726. The second-order valence-corrected chi connectivity index (χ2v) is 6.11. The first-order valence-electron chi connectivity index (χ1n) is 6.91. The molecule has 0 aliphatic heterocycles.